The largest absolute Gasteiger partial charge is 0.366 e. The number of H-pyrrole nitrogens is 1. The maximum atomic E-state index is 12.7. The fraction of sp³-hybridized carbons (Fsp3) is 0.219. The summed E-state index contributed by atoms with van der Waals surface area (Å²) in [5.74, 6) is -0.739. The SMILES string of the molecule is Cc1c(NC(=O)c2nccs2)cccc1-c1ccc(C(N)=O)c2[nH]c(-c3ccccc3CNCCCN(C)C)cc12. The normalized spacial score (nSPS) is 11.3. The van der Waals surface area contributed by atoms with Gasteiger partial charge in [0.25, 0.3) is 11.8 Å². The second-order valence-electron chi connectivity index (χ2n) is 10.3. The Morgan fingerprint density at radius 2 is 1.83 bits per heavy atom. The Kier molecular flexibility index (Phi) is 8.58. The van der Waals surface area contributed by atoms with Gasteiger partial charge in [-0.3, -0.25) is 9.59 Å². The number of amides is 2. The standard InChI is InChI=1S/C32H34N6O2S/c1-20-22(10-6-11-27(20)37-31(40)32-35-15-17-41-32)24-12-13-25(30(33)39)29-26(24)18-28(36-29)23-9-5-4-8-21(23)19-34-14-7-16-38(2)3/h4-6,8-13,15,17-18,34,36H,7,14,16,19H2,1-3H3,(H2,33,39)(H,37,40). The first-order chi connectivity index (χ1) is 19.8. The fourth-order valence-electron chi connectivity index (χ4n) is 5.06. The number of aromatic amines is 1. The number of carbonyl (C=O) groups is 2. The molecule has 9 heteroatoms. The molecular weight excluding hydrogens is 532 g/mol. The van der Waals surface area contributed by atoms with Gasteiger partial charge >= 0.3 is 0 Å². The molecule has 2 amide bonds. The molecule has 0 bridgehead atoms. The van der Waals surface area contributed by atoms with Crippen molar-refractivity contribution in [2.45, 2.75) is 19.9 Å². The molecule has 2 aromatic heterocycles. The Bertz CT molecular complexity index is 1690. The van der Waals surface area contributed by atoms with Crippen molar-refractivity contribution in [2.75, 3.05) is 32.5 Å². The maximum Gasteiger partial charge on any atom is 0.284 e. The summed E-state index contributed by atoms with van der Waals surface area (Å²) in [4.78, 5) is 34.9. The number of anilines is 1. The summed E-state index contributed by atoms with van der Waals surface area (Å²) in [7, 11) is 4.16. The minimum absolute atomic E-state index is 0.245. The lowest BCUT2D eigenvalue weighted by molar-refractivity contribution is 0.0998. The van der Waals surface area contributed by atoms with Gasteiger partial charge in [0.1, 0.15) is 0 Å². The van der Waals surface area contributed by atoms with Crippen LogP contribution in [0.3, 0.4) is 0 Å². The second kappa shape index (κ2) is 12.5. The molecule has 5 rings (SSSR count). The van der Waals surface area contributed by atoms with Crippen molar-refractivity contribution in [3.63, 3.8) is 0 Å². The van der Waals surface area contributed by atoms with E-state index in [1.54, 1.807) is 17.6 Å². The Balaban J connectivity index is 1.52. The molecule has 0 aliphatic heterocycles. The van der Waals surface area contributed by atoms with Gasteiger partial charge in [0.15, 0.2) is 5.01 Å². The topological polar surface area (TPSA) is 116 Å². The van der Waals surface area contributed by atoms with E-state index in [1.165, 1.54) is 11.3 Å². The van der Waals surface area contributed by atoms with E-state index < -0.39 is 5.91 Å². The van der Waals surface area contributed by atoms with Crippen LogP contribution in [-0.2, 0) is 6.54 Å². The number of hydrogen-bond acceptors (Lipinski definition) is 6. The third-order valence-corrected chi connectivity index (χ3v) is 7.91. The van der Waals surface area contributed by atoms with Gasteiger partial charge in [-0.25, -0.2) is 4.98 Å². The molecule has 2 heterocycles. The summed E-state index contributed by atoms with van der Waals surface area (Å²) >= 11 is 1.30. The van der Waals surface area contributed by atoms with Crippen molar-refractivity contribution in [3.05, 3.63) is 93.9 Å². The minimum atomic E-state index is -0.494. The number of rotatable bonds is 11. The van der Waals surface area contributed by atoms with Gasteiger partial charge in [0.05, 0.1) is 11.1 Å². The molecule has 0 aliphatic rings. The molecule has 0 atom stereocenters. The minimum Gasteiger partial charge on any atom is -0.366 e. The van der Waals surface area contributed by atoms with Gasteiger partial charge in [-0.05, 0) is 81.0 Å². The zero-order valence-corrected chi connectivity index (χ0v) is 24.3. The summed E-state index contributed by atoms with van der Waals surface area (Å²) < 4.78 is 0. The highest BCUT2D eigenvalue weighted by Crippen LogP contribution is 2.38. The molecule has 0 spiro atoms. The number of benzene rings is 3. The van der Waals surface area contributed by atoms with Crippen LogP contribution >= 0.6 is 11.3 Å². The van der Waals surface area contributed by atoms with E-state index in [2.05, 4.69) is 57.8 Å². The zero-order valence-electron chi connectivity index (χ0n) is 23.5. The monoisotopic (exact) mass is 566 g/mol. The molecule has 0 fully saturated rings. The van der Waals surface area contributed by atoms with Crippen LogP contribution in [0.5, 0.6) is 0 Å². The Hall–Kier alpha value is -4.31. The number of carbonyl (C=O) groups excluding carboxylic acids is 2. The number of nitrogens with two attached hydrogens (primary N) is 1. The van der Waals surface area contributed by atoms with E-state index in [4.69, 9.17) is 5.73 Å². The molecular formula is C32H34N6O2S. The van der Waals surface area contributed by atoms with E-state index >= 15 is 0 Å². The summed E-state index contributed by atoms with van der Waals surface area (Å²) in [6.45, 7) is 4.66. The maximum absolute atomic E-state index is 12.7. The molecule has 0 unspecified atom stereocenters. The highest BCUT2D eigenvalue weighted by molar-refractivity contribution is 7.11. The predicted octanol–water partition coefficient (Wildman–Crippen LogP) is 5.66. The molecule has 5 N–H and O–H groups in total. The van der Waals surface area contributed by atoms with Crippen molar-refractivity contribution in [2.24, 2.45) is 5.73 Å². The molecule has 0 radical (unpaired) electrons. The lowest BCUT2D eigenvalue weighted by atomic mass is 9.94. The van der Waals surface area contributed by atoms with Crippen molar-refractivity contribution < 1.29 is 9.59 Å². The van der Waals surface area contributed by atoms with Crippen LogP contribution in [0, 0.1) is 6.92 Å². The van der Waals surface area contributed by atoms with Gasteiger partial charge in [-0.2, -0.15) is 0 Å². The fourth-order valence-corrected chi connectivity index (χ4v) is 5.59. The van der Waals surface area contributed by atoms with Crippen molar-refractivity contribution in [3.8, 4) is 22.4 Å². The Morgan fingerprint density at radius 3 is 2.59 bits per heavy atom. The van der Waals surface area contributed by atoms with Gasteiger partial charge in [-0.1, -0.05) is 42.5 Å². The molecule has 0 saturated heterocycles. The van der Waals surface area contributed by atoms with Crippen LogP contribution in [0.2, 0.25) is 0 Å². The first-order valence-corrected chi connectivity index (χ1v) is 14.4. The van der Waals surface area contributed by atoms with Crippen LogP contribution in [0.15, 0.2) is 72.2 Å². The highest BCUT2D eigenvalue weighted by atomic mass is 32.1. The number of nitrogens with one attached hydrogen (secondary N) is 3. The van der Waals surface area contributed by atoms with Crippen molar-refractivity contribution in [1.82, 2.24) is 20.2 Å². The van der Waals surface area contributed by atoms with Crippen LogP contribution in [0.4, 0.5) is 5.69 Å². The first-order valence-electron chi connectivity index (χ1n) is 13.5. The zero-order chi connectivity index (χ0) is 28.9. The number of thiazole rings is 1. The van der Waals surface area contributed by atoms with E-state index in [0.29, 0.717) is 21.8 Å². The third kappa shape index (κ3) is 6.22. The van der Waals surface area contributed by atoms with Crippen LogP contribution in [0.25, 0.3) is 33.3 Å². The first kappa shape index (κ1) is 28.2. The number of hydrogen-bond donors (Lipinski definition) is 4. The average Bonchev–Trinajstić information content (AvgIpc) is 3.65. The molecule has 3 aromatic carbocycles. The average molecular weight is 567 g/mol. The molecule has 8 nitrogen and oxygen atoms in total. The second-order valence-corrected chi connectivity index (χ2v) is 11.2. The highest BCUT2D eigenvalue weighted by Gasteiger charge is 2.19. The van der Waals surface area contributed by atoms with Crippen LogP contribution < -0.4 is 16.4 Å². The van der Waals surface area contributed by atoms with Crippen LogP contribution in [-0.4, -0.2) is 53.9 Å². The van der Waals surface area contributed by atoms with Gasteiger partial charge in [0, 0.05) is 40.5 Å². The van der Waals surface area contributed by atoms with Crippen molar-refractivity contribution >= 4 is 39.7 Å². The molecule has 210 valence electrons. The lowest BCUT2D eigenvalue weighted by Gasteiger charge is -2.14. The third-order valence-electron chi connectivity index (χ3n) is 7.14. The number of primary amides is 1. The van der Waals surface area contributed by atoms with E-state index in [0.717, 1.165) is 65.0 Å². The molecule has 41 heavy (non-hydrogen) atoms. The van der Waals surface area contributed by atoms with Crippen molar-refractivity contribution in [1.29, 1.82) is 0 Å². The van der Waals surface area contributed by atoms with E-state index in [-0.39, 0.29) is 5.91 Å². The molecule has 0 aliphatic carbocycles. The lowest BCUT2D eigenvalue weighted by Crippen LogP contribution is -2.21. The smallest absolute Gasteiger partial charge is 0.284 e. The Morgan fingerprint density at radius 1 is 1.02 bits per heavy atom. The number of aromatic nitrogens is 2. The Labute approximate surface area is 243 Å². The summed E-state index contributed by atoms with van der Waals surface area (Å²) in [5.41, 5.74) is 13.6. The van der Waals surface area contributed by atoms with Gasteiger partial charge in [-0.15, -0.1) is 11.3 Å². The van der Waals surface area contributed by atoms with Crippen LogP contribution in [0.1, 0.15) is 37.7 Å². The summed E-state index contributed by atoms with van der Waals surface area (Å²) in [5, 5.41) is 9.61. The van der Waals surface area contributed by atoms with Gasteiger partial charge < -0.3 is 26.3 Å². The summed E-state index contributed by atoms with van der Waals surface area (Å²) in [6.07, 6.45) is 2.68. The molecule has 5 aromatic rings. The number of nitrogens with zero attached hydrogens (tertiary/aromatic N) is 2. The predicted molar refractivity (Wildman–Crippen MR) is 167 cm³/mol. The van der Waals surface area contributed by atoms with E-state index in [1.807, 2.05) is 43.3 Å². The summed E-state index contributed by atoms with van der Waals surface area (Å²) in [6, 6.07) is 19.9. The van der Waals surface area contributed by atoms with Gasteiger partial charge in [0.2, 0.25) is 0 Å². The molecule has 0 saturated carbocycles. The quantitative estimate of drug-likeness (QED) is 0.154. The van der Waals surface area contributed by atoms with E-state index in [9.17, 15) is 9.59 Å². The number of fused-ring (bicyclic) bond motifs is 1.